The average molecular weight is 448 g/mol. The summed E-state index contributed by atoms with van der Waals surface area (Å²) >= 11 is 0. The standard InChI is InChI=1S/C25H24N2O6/c1-4-12-32-19-7-5-6-17(14-19)22-21(23(28)16-8-10-18(31-3)11-9-16)24(29)25(30)27(22)20-13-15(2)33-26-20/h5-11,13-14,22,28H,4,12H2,1-3H3/b23-21+. The van der Waals surface area contributed by atoms with E-state index in [9.17, 15) is 14.7 Å². The number of carbonyl (C=O) groups is 2. The maximum Gasteiger partial charge on any atom is 0.301 e. The van der Waals surface area contributed by atoms with Crippen LogP contribution in [0.4, 0.5) is 5.82 Å². The molecule has 170 valence electrons. The minimum Gasteiger partial charge on any atom is -0.507 e. The molecule has 0 saturated carbocycles. The van der Waals surface area contributed by atoms with Crippen LogP contribution in [0, 0.1) is 6.92 Å². The largest absolute Gasteiger partial charge is 0.507 e. The van der Waals surface area contributed by atoms with Crippen LogP contribution in [-0.2, 0) is 9.59 Å². The highest BCUT2D eigenvalue weighted by Gasteiger charge is 2.48. The predicted octanol–water partition coefficient (Wildman–Crippen LogP) is 4.41. The van der Waals surface area contributed by atoms with Gasteiger partial charge in [0.05, 0.1) is 25.3 Å². The van der Waals surface area contributed by atoms with Crippen molar-refractivity contribution in [1.82, 2.24) is 5.16 Å². The number of ether oxygens (including phenoxy) is 2. The first-order chi connectivity index (χ1) is 15.9. The summed E-state index contributed by atoms with van der Waals surface area (Å²) in [7, 11) is 1.54. The molecule has 1 unspecified atom stereocenters. The number of anilines is 1. The fourth-order valence-corrected chi connectivity index (χ4v) is 3.75. The van der Waals surface area contributed by atoms with Crippen LogP contribution in [0.2, 0.25) is 0 Å². The smallest absolute Gasteiger partial charge is 0.301 e. The van der Waals surface area contributed by atoms with Gasteiger partial charge in [0.15, 0.2) is 5.82 Å². The number of methoxy groups -OCH3 is 1. The van der Waals surface area contributed by atoms with Crippen molar-refractivity contribution in [3.63, 3.8) is 0 Å². The molecule has 1 N–H and O–H groups in total. The number of aromatic nitrogens is 1. The summed E-state index contributed by atoms with van der Waals surface area (Å²) in [6.07, 6.45) is 0.832. The molecule has 1 atom stereocenters. The number of hydrogen-bond donors (Lipinski definition) is 1. The highest BCUT2D eigenvalue weighted by Crippen LogP contribution is 2.42. The maximum absolute atomic E-state index is 13.2. The van der Waals surface area contributed by atoms with Crippen LogP contribution in [0.1, 0.15) is 36.3 Å². The third-order valence-corrected chi connectivity index (χ3v) is 5.32. The summed E-state index contributed by atoms with van der Waals surface area (Å²) in [5.74, 6) is -0.0297. The van der Waals surface area contributed by atoms with Crippen LogP contribution in [0.25, 0.3) is 5.76 Å². The summed E-state index contributed by atoms with van der Waals surface area (Å²) < 4.78 is 16.1. The second-order valence-corrected chi connectivity index (χ2v) is 7.61. The number of ketones is 1. The van der Waals surface area contributed by atoms with Gasteiger partial charge >= 0.3 is 5.91 Å². The zero-order valence-electron chi connectivity index (χ0n) is 18.6. The van der Waals surface area contributed by atoms with Crippen LogP contribution in [0.3, 0.4) is 0 Å². The minimum atomic E-state index is -0.915. The van der Waals surface area contributed by atoms with Gasteiger partial charge in [0.25, 0.3) is 5.78 Å². The Balaban J connectivity index is 1.88. The number of aryl methyl sites for hydroxylation is 1. The van der Waals surface area contributed by atoms with Crippen molar-refractivity contribution in [2.45, 2.75) is 26.3 Å². The van der Waals surface area contributed by atoms with Crippen molar-refractivity contribution < 1.29 is 28.7 Å². The Hall–Kier alpha value is -4.07. The van der Waals surface area contributed by atoms with Gasteiger partial charge in [-0.3, -0.25) is 14.5 Å². The molecule has 3 aromatic rings. The Bertz CT molecular complexity index is 1210. The molecule has 2 heterocycles. The normalized spacial score (nSPS) is 17.4. The molecule has 33 heavy (non-hydrogen) atoms. The number of Topliss-reactive ketones (excluding diaryl/α,β-unsaturated/α-hetero) is 1. The van der Waals surface area contributed by atoms with Gasteiger partial charge in [0.1, 0.15) is 23.0 Å². The van der Waals surface area contributed by atoms with E-state index in [0.29, 0.717) is 35.0 Å². The van der Waals surface area contributed by atoms with Gasteiger partial charge in [-0.15, -0.1) is 0 Å². The SMILES string of the molecule is CCCOc1cccc(C2/C(=C(\O)c3ccc(OC)cc3)C(=O)C(=O)N2c2cc(C)on2)c1. The Morgan fingerprint density at radius 2 is 1.88 bits per heavy atom. The molecule has 1 amide bonds. The Morgan fingerprint density at radius 3 is 2.52 bits per heavy atom. The predicted molar refractivity (Wildman–Crippen MR) is 121 cm³/mol. The van der Waals surface area contributed by atoms with Crippen LogP contribution in [0.15, 0.2) is 64.7 Å². The monoisotopic (exact) mass is 448 g/mol. The molecular weight excluding hydrogens is 424 g/mol. The van der Waals surface area contributed by atoms with E-state index in [1.807, 2.05) is 6.92 Å². The Labute approximate surface area is 191 Å². The third kappa shape index (κ3) is 4.19. The van der Waals surface area contributed by atoms with Gasteiger partial charge in [-0.05, 0) is 55.3 Å². The number of carbonyl (C=O) groups excluding carboxylic acids is 2. The zero-order chi connectivity index (χ0) is 23.5. The van der Waals surface area contributed by atoms with Crippen LogP contribution in [0.5, 0.6) is 11.5 Å². The lowest BCUT2D eigenvalue weighted by Gasteiger charge is -2.23. The summed E-state index contributed by atoms with van der Waals surface area (Å²) in [5.41, 5.74) is 0.936. The van der Waals surface area contributed by atoms with Crippen molar-refractivity contribution >= 4 is 23.3 Å². The van der Waals surface area contributed by atoms with Gasteiger partial charge in [-0.25, -0.2) is 0 Å². The maximum atomic E-state index is 13.2. The first-order valence-electron chi connectivity index (χ1n) is 10.6. The molecule has 0 bridgehead atoms. The molecule has 0 radical (unpaired) electrons. The molecule has 4 rings (SSSR count). The van der Waals surface area contributed by atoms with Crippen LogP contribution < -0.4 is 14.4 Å². The lowest BCUT2D eigenvalue weighted by Crippen LogP contribution is -2.29. The molecule has 0 spiro atoms. The van der Waals surface area contributed by atoms with E-state index in [-0.39, 0.29) is 17.2 Å². The number of rotatable bonds is 7. The summed E-state index contributed by atoms with van der Waals surface area (Å²) in [5, 5.41) is 15.1. The molecule has 1 aliphatic rings. The molecule has 8 nitrogen and oxygen atoms in total. The van der Waals surface area contributed by atoms with E-state index in [0.717, 1.165) is 6.42 Å². The summed E-state index contributed by atoms with van der Waals surface area (Å²) in [6.45, 7) is 4.22. The minimum absolute atomic E-state index is 0.0431. The molecular formula is C25H24N2O6. The fourth-order valence-electron chi connectivity index (χ4n) is 3.75. The average Bonchev–Trinajstić information content (AvgIpc) is 3.38. The van der Waals surface area contributed by atoms with Crippen LogP contribution >= 0.6 is 0 Å². The third-order valence-electron chi connectivity index (χ3n) is 5.32. The molecule has 1 aliphatic heterocycles. The van der Waals surface area contributed by atoms with Crippen molar-refractivity contribution in [2.24, 2.45) is 0 Å². The lowest BCUT2D eigenvalue weighted by atomic mass is 9.95. The van der Waals surface area contributed by atoms with Gasteiger partial charge in [0, 0.05) is 11.6 Å². The van der Waals surface area contributed by atoms with Gasteiger partial charge in [0.2, 0.25) is 0 Å². The number of hydrogen-bond acceptors (Lipinski definition) is 7. The molecule has 8 heteroatoms. The van der Waals surface area contributed by atoms with E-state index in [4.69, 9.17) is 14.0 Å². The van der Waals surface area contributed by atoms with E-state index >= 15 is 0 Å². The van der Waals surface area contributed by atoms with Crippen molar-refractivity contribution in [1.29, 1.82) is 0 Å². The van der Waals surface area contributed by atoms with Gasteiger partial charge < -0.3 is 19.1 Å². The molecule has 1 aromatic heterocycles. The Morgan fingerprint density at radius 1 is 1.12 bits per heavy atom. The lowest BCUT2D eigenvalue weighted by molar-refractivity contribution is -0.132. The number of aliphatic hydroxyl groups excluding tert-OH is 1. The van der Waals surface area contributed by atoms with E-state index in [1.165, 1.54) is 12.0 Å². The van der Waals surface area contributed by atoms with E-state index in [1.54, 1.807) is 61.5 Å². The van der Waals surface area contributed by atoms with Crippen molar-refractivity contribution in [3.05, 3.63) is 77.1 Å². The van der Waals surface area contributed by atoms with Crippen molar-refractivity contribution in [2.75, 3.05) is 18.6 Å². The number of aliphatic hydroxyl groups is 1. The van der Waals surface area contributed by atoms with Gasteiger partial charge in [-0.1, -0.05) is 24.2 Å². The number of amides is 1. The zero-order valence-corrected chi connectivity index (χ0v) is 18.6. The number of benzene rings is 2. The van der Waals surface area contributed by atoms with Crippen molar-refractivity contribution in [3.8, 4) is 11.5 Å². The molecule has 1 saturated heterocycles. The van der Waals surface area contributed by atoms with E-state index < -0.39 is 17.7 Å². The topological polar surface area (TPSA) is 102 Å². The molecule has 0 aliphatic carbocycles. The first-order valence-corrected chi connectivity index (χ1v) is 10.6. The quantitative estimate of drug-likeness (QED) is 0.325. The van der Waals surface area contributed by atoms with Crippen LogP contribution in [-0.4, -0.2) is 35.7 Å². The fraction of sp³-hybridized carbons (Fsp3) is 0.240. The van der Waals surface area contributed by atoms with Gasteiger partial charge in [-0.2, -0.15) is 0 Å². The summed E-state index contributed by atoms with van der Waals surface area (Å²) in [4.78, 5) is 27.5. The molecule has 2 aromatic carbocycles. The second kappa shape index (κ2) is 9.20. The second-order valence-electron chi connectivity index (χ2n) is 7.61. The Kier molecular flexibility index (Phi) is 6.17. The summed E-state index contributed by atoms with van der Waals surface area (Å²) in [6, 6.07) is 14.4. The molecule has 1 fully saturated rings. The highest BCUT2D eigenvalue weighted by molar-refractivity contribution is 6.51. The first kappa shape index (κ1) is 22.1. The number of nitrogens with zero attached hydrogens (tertiary/aromatic N) is 2. The highest BCUT2D eigenvalue weighted by atomic mass is 16.5. The van der Waals surface area contributed by atoms with E-state index in [2.05, 4.69) is 5.16 Å².